The molecule has 9 nitrogen and oxygen atoms in total. The summed E-state index contributed by atoms with van der Waals surface area (Å²) in [5.74, 6) is 1.92. The Morgan fingerprint density at radius 1 is 0.947 bits per heavy atom. The average Bonchev–Trinajstić information content (AvgIpc) is 3.50. The van der Waals surface area contributed by atoms with Crippen molar-refractivity contribution in [2.45, 2.75) is 90.4 Å². The molecule has 0 spiro atoms. The van der Waals surface area contributed by atoms with Crippen LogP contribution in [0.3, 0.4) is 0 Å². The number of hydrogen-bond donors (Lipinski definition) is 1. The van der Waals surface area contributed by atoms with Crippen LogP contribution in [-0.2, 0) is 0 Å². The molecule has 2 aliphatic heterocycles. The maximum Gasteiger partial charge on any atom is 0.262 e. The lowest BCUT2D eigenvalue weighted by Crippen LogP contribution is -2.56. The van der Waals surface area contributed by atoms with Gasteiger partial charge in [0, 0.05) is 54.9 Å². The maximum absolute atomic E-state index is 13.5. The Morgan fingerprint density at radius 3 is 2.24 bits per heavy atom. The van der Waals surface area contributed by atoms with E-state index in [-0.39, 0.29) is 22.9 Å². The van der Waals surface area contributed by atoms with E-state index in [0.29, 0.717) is 35.3 Å². The van der Waals surface area contributed by atoms with E-state index in [9.17, 15) is 9.59 Å². The van der Waals surface area contributed by atoms with Crippen LogP contribution < -0.4 is 15.8 Å². The number of aromatic nitrogens is 4. The van der Waals surface area contributed by atoms with Gasteiger partial charge in [-0.1, -0.05) is 12.8 Å². The van der Waals surface area contributed by atoms with E-state index in [4.69, 9.17) is 4.98 Å². The van der Waals surface area contributed by atoms with Gasteiger partial charge >= 0.3 is 0 Å². The van der Waals surface area contributed by atoms with Crippen LogP contribution in [0.1, 0.15) is 81.3 Å². The van der Waals surface area contributed by atoms with Gasteiger partial charge in [0.25, 0.3) is 5.56 Å². The smallest absolute Gasteiger partial charge is 0.262 e. The molecule has 0 radical (unpaired) electrons. The fraction of sp³-hybridized carbons (Fsp3) is 0.552. The quantitative estimate of drug-likeness (QED) is 0.475. The first kappa shape index (κ1) is 25.0. The minimum absolute atomic E-state index is 0.101. The predicted octanol–water partition coefficient (Wildman–Crippen LogP) is 4.62. The summed E-state index contributed by atoms with van der Waals surface area (Å²) in [5.41, 5.74) is 1.59. The van der Waals surface area contributed by atoms with E-state index in [2.05, 4.69) is 38.9 Å². The predicted molar refractivity (Wildman–Crippen MR) is 150 cm³/mol. The molecule has 200 valence electrons. The highest BCUT2D eigenvalue weighted by Crippen LogP contribution is 2.35. The molecule has 1 saturated carbocycles. The second kappa shape index (κ2) is 9.76. The Kier molecular flexibility index (Phi) is 6.42. The van der Waals surface area contributed by atoms with E-state index >= 15 is 0 Å². The molecular formula is C29H37N7O2. The standard InChI is InChI=1S/C29H37N7O2/c1-17(2)35-21-9-10-22(35)16-34(15-21)27-14-31-26(13-32-27)33-25-11-24-23(12-30-25)18(3)28(19(4)37)29(38)36(24)20-7-5-6-8-20/h11-14,17,20-22H,5-10,15-16H2,1-4H3,(H,30,31,33). The van der Waals surface area contributed by atoms with Gasteiger partial charge in [-0.05, 0) is 58.9 Å². The highest BCUT2D eigenvalue weighted by molar-refractivity contribution is 6.00. The van der Waals surface area contributed by atoms with Gasteiger partial charge in [-0.15, -0.1) is 0 Å². The first-order chi connectivity index (χ1) is 18.3. The van der Waals surface area contributed by atoms with Crippen LogP contribution in [0.4, 0.5) is 17.5 Å². The van der Waals surface area contributed by atoms with Crippen molar-refractivity contribution in [3.8, 4) is 0 Å². The van der Waals surface area contributed by atoms with Gasteiger partial charge in [-0.25, -0.2) is 15.0 Å². The topological polar surface area (TPSA) is 96.2 Å². The summed E-state index contributed by atoms with van der Waals surface area (Å²) in [5, 5.41) is 4.12. The summed E-state index contributed by atoms with van der Waals surface area (Å²) in [7, 11) is 0. The average molecular weight is 516 g/mol. The highest BCUT2D eigenvalue weighted by Gasteiger charge is 2.41. The molecule has 2 bridgehead atoms. The molecule has 3 aromatic heterocycles. The van der Waals surface area contributed by atoms with Crippen molar-refractivity contribution in [2.75, 3.05) is 23.3 Å². The third-order valence-electron chi connectivity index (χ3n) is 8.75. The normalized spacial score (nSPS) is 22.1. The second-order valence-corrected chi connectivity index (χ2v) is 11.5. The van der Waals surface area contributed by atoms with Crippen LogP contribution in [0.5, 0.6) is 0 Å². The Balaban J connectivity index is 1.27. The summed E-state index contributed by atoms with van der Waals surface area (Å²) >= 11 is 0. The van der Waals surface area contributed by atoms with Gasteiger partial charge < -0.3 is 14.8 Å². The molecule has 38 heavy (non-hydrogen) atoms. The number of piperazine rings is 1. The zero-order chi connectivity index (χ0) is 26.6. The molecule has 2 saturated heterocycles. The first-order valence-corrected chi connectivity index (χ1v) is 14.0. The van der Waals surface area contributed by atoms with Gasteiger partial charge in [0.2, 0.25) is 0 Å². The molecule has 3 aromatic rings. The highest BCUT2D eigenvalue weighted by atomic mass is 16.1. The summed E-state index contributed by atoms with van der Waals surface area (Å²) in [4.78, 5) is 44.8. The minimum atomic E-state index is -0.197. The number of hydrogen-bond acceptors (Lipinski definition) is 8. The molecule has 3 fully saturated rings. The number of anilines is 3. The van der Waals surface area contributed by atoms with Crippen LogP contribution in [0.15, 0.2) is 29.5 Å². The van der Waals surface area contributed by atoms with Crippen molar-refractivity contribution in [1.82, 2.24) is 24.4 Å². The molecular weight excluding hydrogens is 478 g/mol. The lowest BCUT2D eigenvalue weighted by atomic mass is 10.0. The molecule has 0 aromatic carbocycles. The molecule has 2 atom stereocenters. The zero-order valence-corrected chi connectivity index (χ0v) is 22.8. The van der Waals surface area contributed by atoms with Crippen LogP contribution in [-0.4, -0.2) is 61.4 Å². The molecule has 9 heteroatoms. The fourth-order valence-electron chi connectivity index (χ4n) is 7.11. The maximum atomic E-state index is 13.5. The van der Waals surface area contributed by atoms with Crippen molar-refractivity contribution >= 4 is 34.1 Å². The van der Waals surface area contributed by atoms with Crippen LogP contribution in [0, 0.1) is 6.92 Å². The Labute approximate surface area is 223 Å². The SMILES string of the molecule is CC(=O)c1c(C)c2cnc(Nc3cnc(N4CC5CCC(C4)N5C(C)C)cn3)cc2n(C2CCCC2)c1=O. The number of rotatable bonds is 6. The minimum Gasteiger partial charge on any atom is -0.352 e. The van der Waals surface area contributed by atoms with Crippen molar-refractivity contribution in [3.05, 3.63) is 46.1 Å². The zero-order valence-electron chi connectivity index (χ0n) is 22.8. The molecule has 2 unspecified atom stereocenters. The molecule has 6 rings (SSSR count). The van der Waals surface area contributed by atoms with E-state index in [0.717, 1.165) is 55.5 Å². The number of fused-ring (bicyclic) bond motifs is 3. The van der Waals surface area contributed by atoms with E-state index in [1.54, 1.807) is 12.4 Å². The van der Waals surface area contributed by atoms with Gasteiger partial charge in [0.15, 0.2) is 5.78 Å². The largest absolute Gasteiger partial charge is 0.352 e. The van der Waals surface area contributed by atoms with E-state index < -0.39 is 0 Å². The van der Waals surface area contributed by atoms with Crippen molar-refractivity contribution in [1.29, 1.82) is 0 Å². The second-order valence-electron chi connectivity index (χ2n) is 11.5. The fourth-order valence-corrected chi connectivity index (χ4v) is 7.11. The molecule has 0 amide bonds. The molecule has 5 heterocycles. The number of nitrogens with one attached hydrogen (secondary N) is 1. The van der Waals surface area contributed by atoms with Crippen LogP contribution in [0.25, 0.3) is 10.9 Å². The van der Waals surface area contributed by atoms with Crippen molar-refractivity contribution in [2.24, 2.45) is 0 Å². The third kappa shape index (κ3) is 4.26. The lowest BCUT2D eigenvalue weighted by molar-refractivity contribution is 0.101. The Bertz CT molecular complexity index is 1410. The number of pyridine rings is 2. The van der Waals surface area contributed by atoms with Crippen LogP contribution >= 0.6 is 0 Å². The van der Waals surface area contributed by atoms with Crippen molar-refractivity contribution in [3.63, 3.8) is 0 Å². The molecule has 3 aliphatic rings. The van der Waals surface area contributed by atoms with Gasteiger partial charge in [0.1, 0.15) is 17.5 Å². The Morgan fingerprint density at radius 2 is 1.63 bits per heavy atom. The molecule has 1 aliphatic carbocycles. The number of carbonyl (C=O) groups excluding carboxylic acids is 1. The summed E-state index contributed by atoms with van der Waals surface area (Å²) in [6, 6.07) is 3.75. The molecule has 1 N–H and O–H groups in total. The first-order valence-electron chi connectivity index (χ1n) is 14.0. The number of Topliss-reactive ketones (excluding diaryl/α,β-unsaturated/α-hetero) is 1. The summed E-state index contributed by atoms with van der Waals surface area (Å²) in [6.07, 6.45) is 11.9. The van der Waals surface area contributed by atoms with Gasteiger partial charge in [-0.2, -0.15) is 0 Å². The van der Waals surface area contributed by atoms with Crippen LogP contribution in [0.2, 0.25) is 0 Å². The Hall–Kier alpha value is -3.33. The third-order valence-corrected chi connectivity index (χ3v) is 8.75. The number of carbonyl (C=O) groups is 1. The van der Waals surface area contributed by atoms with E-state index in [1.165, 1.54) is 19.8 Å². The van der Waals surface area contributed by atoms with E-state index in [1.807, 2.05) is 23.8 Å². The van der Waals surface area contributed by atoms with Crippen molar-refractivity contribution < 1.29 is 4.79 Å². The van der Waals surface area contributed by atoms with Gasteiger partial charge in [0.05, 0.1) is 23.5 Å². The summed E-state index contributed by atoms with van der Waals surface area (Å²) < 4.78 is 1.83. The summed E-state index contributed by atoms with van der Waals surface area (Å²) in [6.45, 7) is 9.86. The number of nitrogens with zero attached hydrogens (tertiary/aromatic N) is 6. The number of aryl methyl sites for hydroxylation is 1. The monoisotopic (exact) mass is 515 g/mol. The lowest BCUT2D eigenvalue weighted by Gasteiger charge is -2.43. The van der Waals surface area contributed by atoms with Gasteiger partial charge in [-0.3, -0.25) is 14.5 Å². The number of ketones is 1.